The number of nitrogens with one attached hydrogen (secondary N) is 2. The van der Waals surface area contributed by atoms with Gasteiger partial charge in [-0.2, -0.15) is 0 Å². The first-order valence-electron chi connectivity index (χ1n) is 8.89. The Morgan fingerprint density at radius 2 is 1.79 bits per heavy atom. The number of nitrogens with zero attached hydrogens (tertiary/aromatic N) is 1. The quantitative estimate of drug-likeness (QED) is 0.183. The maximum absolute atomic E-state index is 12.6. The van der Waals surface area contributed by atoms with Gasteiger partial charge in [-0.25, -0.2) is 4.79 Å². The molecule has 1 aliphatic heterocycles. The second-order valence-electron chi connectivity index (χ2n) is 6.70. The molecule has 8 N–H and O–H groups in total. The van der Waals surface area contributed by atoms with E-state index in [0.29, 0.717) is 6.42 Å². The van der Waals surface area contributed by atoms with Crippen LogP contribution in [0.25, 0.3) is 0 Å². The predicted molar refractivity (Wildman–Crippen MR) is 95.2 cm³/mol. The average molecular weight is 418 g/mol. The van der Waals surface area contributed by atoms with Crippen LogP contribution in [0.2, 0.25) is 0 Å². The third-order valence-electron chi connectivity index (χ3n) is 4.41. The molecule has 0 aromatic rings. The van der Waals surface area contributed by atoms with Crippen LogP contribution >= 0.6 is 0 Å². The molecule has 1 fully saturated rings. The van der Waals surface area contributed by atoms with E-state index in [-0.39, 0.29) is 13.0 Å². The van der Waals surface area contributed by atoms with E-state index in [1.807, 2.05) is 5.32 Å². The van der Waals surface area contributed by atoms with Gasteiger partial charge in [-0.3, -0.25) is 19.2 Å². The Kier molecular flexibility index (Phi) is 8.94. The number of hydrogen-bond acceptors (Lipinski definition) is 8. The van der Waals surface area contributed by atoms with Crippen LogP contribution in [-0.2, 0) is 24.0 Å². The molecule has 164 valence electrons. The molecule has 5 atom stereocenters. The largest absolute Gasteiger partial charge is 0.481 e. The summed E-state index contributed by atoms with van der Waals surface area (Å²) in [5.41, 5.74) is 5.50. The maximum atomic E-state index is 12.6. The summed E-state index contributed by atoms with van der Waals surface area (Å²) in [4.78, 5) is 60.1. The zero-order valence-corrected chi connectivity index (χ0v) is 15.8. The van der Waals surface area contributed by atoms with Crippen molar-refractivity contribution in [2.45, 2.75) is 56.5 Å². The Bertz CT molecular complexity index is 654. The Balaban J connectivity index is 2.88. The number of aliphatic hydroxyl groups excluding tert-OH is 2. The first-order valence-corrected chi connectivity index (χ1v) is 8.89. The van der Waals surface area contributed by atoms with Gasteiger partial charge in [-0.05, 0) is 19.8 Å². The maximum Gasteiger partial charge on any atom is 0.326 e. The number of carboxylic acids is 2. The lowest BCUT2D eigenvalue weighted by Crippen LogP contribution is -2.59. The van der Waals surface area contributed by atoms with Crippen LogP contribution in [0.5, 0.6) is 0 Å². The minimum Gasteiger partial charge on any atom is -0.481 e. The van der Waals surface area contributed by atoms with Crippen LogP contribution in [0, 0.1) is 0 Å². The SMILES string of the molecule is CC(O)C(NC(=O)C1CCCN1C(=O)C(N)CO)C(=O)NC(CC(=O)O)C(=O)O. The fourth-order valence-corrected chi connectivity index (χ4v) is 2.89. The number of nitrogens with two attached hydrogens (primary N) is 1. The van der Waals surface area contributed by atoms with Crippen LogP contribution in [0.4, 0.5) is 0 Å². The van der Waals surface area contributed by atoms with E-state index in [4.69, 9.17) is 21.1 Å². The van der Waals surface area contributed by atoms with Gasteiger partial charge in [0.05, 0.1) is 19.1 Å². The first-order chi connectivity index (χ1) is 13.5. The monoisotopic (exact) mass is 418 g/mol. The molecule has 0 radical (unpaired) electrons. The van der Waals surface area contributed by atoms with E-state index in [2.05, 4.69) is 5.32 Å². The lowest BCUT2D eigenvalue weighted by molar-refractivity contribution is -0.148. The highest BCUT2D eigenvalue weighted by Gasteiger charge is 2.38. The molecule has 13 nitrogen and oxygen atoms in total. The van der Waals surface area contributed by atoms with E-state index in [9.17, 15) is 29.1 Å². The molecule has 1 saturated heterocycles. The van der Waals surface area contributed by atoms with Crippen molar-refractivity contribution in [2.75, 3.05) is 13.2 Å². The molecule has 3 amide bonds. The summed E-state index contributed by atoms with van der Waals surface area (Å²) in [6.45, 7) is 0.787. The zero-order valence-electron chi connectivity index (χ0n) is 15.8. The van der Waals surface area contributed by atoms with Gasteiger partial charge in [-0.15, -0.1) is 0 Å². The van der Waals surface area contributed by atoms with Crippen LogP contribution in [0.1, 0.15) is 26.2 Å². The topological polar surface area (TPSA) is 220 Å². The molecule has 0 aromatic carbocycles. The molecule has 0 aliphatic carbocycles. The summed E-state index contributed by atoms with van der Waals surface area (Å²) in [7, 11) is 0. The molecule has 5 unspecified atom stereocenters. The molecule has 0 bridgehead atoms. The molecule has 29 heavy (non-hydrogen) atoms. The number of aliphatic carboxylic acids is 2. The van der Waals surface area contributed by atoms with Gasteiger partial charge in [0, 0.05) is 6.54 Å². The van der Waals surface area contributed by atoms with Crippen molar-refractivity contribution < 1.29 is 44.4 Å². The number of likely N-dealkylation sites (tertiary alicyclic amines) is 1. The average Bonchev–Trinajstić information content (AvgIpc) is 3.12. The van der Waals surface area contributed by atoms with Crippen molar-refractivity contribution in [2.24, 2.45) is 5.73 Å². The van der Waals surface area contributed by atoms with Gasteiger partial charge in [0.1, 0.15) is 24.2 Å². The third-order valence-corrected chi connectivity index (χ3v) is 4.41. The number of carbonyl (C=O) groups excluding carboxylic acids is 3. The van der Waals surface area contributed by atoms with Gasteiger partial charge in [0.15, 0.2) is 0 Å². The van der Waals surface area contributed by atoms with Crippen molar-refractivity contribution in [3.05, 3.63) is 0 Å². The summed E-state index contributed by atoms with van der Waals surface area (Å²) >= 11 is 0. The molecule has 0 saturated carbocycles. The minimum absolute atomic E-state index is 0.218. The first kappa shape index (κ1) is 24.3. The van der Waals surface area contributed by atoms with Gasteiger partial charge in [-0.1, -0.05) is 0 Å². The number of aliphatic hydroxyl groups is 2. The Morgan fingerprint density at radius 3 is 2.28 bits per heavy atom. The summed E-state index contributed by atoms with van der Waals surface area (Å²) in [5.74, 6) is -5.56. The van der Waals surface area contributed by atoms with Crippen LogP contribution in [0.3, 0.4) is 0 Å². The van der Waals surface area contributed by atoms with Gasteiger partial charge >= 0.3 is 11.9 Å². The highest BCUT2D eigenvalue weighted by molar-refractivity contribution is 5.95. The highest BCUT2D eigenvalue weighted by Crippen LogP contribution is 2.18. The van der Waals surface area contributed by atoms with E-state index in [1.165, 1.54) is 6.92 Å². The summed E-state index contributed by atoms with van der Waals surface area (Å²) in [6, 6.07) is -5.53. The number of carbonyl (C=O) groups is 5. The Hall–Kier alpha value is -2.77. The zero-order chi connectivity index (χ0) is 22.3. The summed E-state index contributed by atoms with van der Waals surface area (Å²) < 4.78 is 0. The minimum atomic E-state index is -1.76. The molecular formula is C16H26N4O9. The number of amides is 3. The number of rotatable bonds is 10. The van der Waals surface area contributed by atoms with Crippen LogP contribution in [0.15, 0.2) is 0 Å². The van der Waals surface area contributed by atoms with Crippen molar-refractivity contribution in [1.82, 2.24) is 15.5 Å². The predicted octanol–water partition coefficient (Wildman–Crippen LogP) is -3.79. The number of carboxylic acid groups (broad SMARTS) is 2. The smallest absolute Gasteiger partial charge is 0.326 e. The summed E-state index contributed by atoms with van der Waals surface area (Å²) in [6.07, 6.45) is -1.59. The molecule has 1 rings (SSSR count). The van der Waals surface area contributed by atoms with Crippen molar-refractivity contribution in [3.8, 4) is 0 Å². The molecular weight excluding hydrogens is 392 g/mol. The molecule has 0 spiro atoms. The van der Waals surface area contributed by atoms with Crippen molar-refractivity contribution in [1.29, 1.82) is 0 Å². The molecule has 1 heterocycles. The van der Waals surface area contributed by atoms with Gasteiger partial charge in [0.25, 0.3) is 0 Å². The Morgan fingerprint density at radius 1 is 1.17 bits per heavy atom. The van der Waals surface area contributed by atoms with Crippen LogP contribution < -0.4 is 16.4 Å². The van der Waals surface area contributed by atoms with Gasteiger partial charge < -0.3 is 41.7 Å². The van der Waals surface area contributed by atoms with Crippen molar-refractivity contribution in [3.63, 3.8) is 0 Å². The second-order valence-corrected chi connectivity index (χ2v) is 6.70. The highest BCUT2D eigenvalue weighted by atomic mass is 16.4. The fraction of sp³-hybridized carbons (Fsp3) is 0.688. The molecule has 13 heteroatoms. The second kappa shape index (κ2) is 10.7. The van der Waals surface area contributed by atoms with Gasteiger partial charge in [0.2, 0.25) is 17.7 Å². The van der Waals surface area contributed by atoms with Crippen LogP contribution in [-0.4, -0.2) is 98.4 Å². The number of hydrogen-bond donors (Lipinski definition) is 7. The van der Waals surface area contributed by atoms with E-state index >= 15 is 0 Å². The van der Waals surface area contributed by atoms with Crippen molar-refractivity contribution >= 4 is 29.7 Å². The molecule has 1 aliphatic rings. The third kappa shape index (κ3) is 6.66. The normalized spacial score (nSPS) is 20.3. The lowest BCUT2D eigenvalue weighted by Gasteiger charge is -2.29. The van der Waals surface area contributed by atoms with E-state index in [0.717, 1.165) is 4.90 Å². The lowest BCUT2D eigenvalue weighted by atomic mass is 10.1. The fourth-order valence-electron chi connectivity index (χ4n) is 2.89. The summed E-state index contributed by atoms with van der Waals surface area (Å²) in [5, 5.41) is 40.8. The van der Waals surface area contributed by atoms with E-state index in [1.54, 1.807) is 0 Å². The van der Waals surface area contributed by atoms with E-state index < -0.39 is 73.0 Å². The Labute approximate surface area is 165 Å². The molecule has 0 aromatic heterocycles. The standard InChI is InChI=1S/C16H26N4O9/c1-7(22)12(14(26)18-9(16(28)29)5-11(23)24)19-13(25)10-3-2-4-20(10)15(27)8(17)6-21/h7-10,12,21-22H,2-6,17H2,1H3,(H,18,26)(H,19,25)(H,23,24)(H,28,29).